The number of rotatable bonds is 4. The fourth-order valence-corrected chi connectivity index (χ4v) is 5.77. The van der Waals surface area contributed by atoms with Crippen molar-refractivity contribution in [3.8, 4) is 0 Å². The standard InChI is InChI=1S/C29H34F4N6O3/c1-18(20-6-5-7-21(23(20)30)29(31,32)33)36-25(40)19-14-22(24-34-17-35-39(24)15-19)37-11-8-28(9-12-37)10-13-38(16-28)26(41)42-27(2,3)4/h5-7,14-15,17-18H,8-13,16H2,1-4H3,(H,36,40)/t18-/m1/s1. The molecule has 0 saturated carbocycles. The van der Waals surface area contributed by atoms with Gasteiger partial charge < -0.3 is 19.9 Å². The maximum atomic E-state index is 14.7. The number of pyridine rings is 1. The molecule has 2 aliphatic heterocycles. The summed E-state index contributed by atoms with van der Waals surface area (Å²) in [7, 11) is 0. The van der Waals surface area contributed by atoms with E-state index >= 15 is 0 Å². The number of nitrogens with zero attached hydrogens (tertiary/aromatic N) is 5. The van der Waals surface area contributed by atoms with Gasteiger partial charge in [0, 0.05) is 37.9 Å². The second-order valence-electron chi connectivity index (χ2n) is 12.2. The highest BCUT2D eigenvalue weighted by Crippen LogP contribution is 2.42. The highest BCUT2D eigenvalue weighted by Gasteiger charge is 2.43. The van der Waals surface area contributed by atoms with Crippen molar-refractivity contribution in [2.24, 2.45) is 5.41 Å². The van der Waals surface area contributed by atoms with E-state index in [1.54, 1.807) is 11.0 Å². The molecule has 42 heavy (non-hydrogen) atoms. The lowest BCUT2D eigenvalue weighted by Gasteiger charge is -2.40. The third kappa shape index (κ3) is 6.00. The van der Waals surface area contributed by atoms with Gasteiger partial charge in [0.2, 0.25) is 0 Å². The normalized spacial score (nSPS) is 18.0. The first-order chi connectivity index (χ1) is 19.7. The number of piperidine rings is 1. The smallest absolute Gasteiger partial charge is 0.419 e. The molecule has 2 saturated heterocycles. The van der Waals surface area contributed by atoms with E-state index < -0.39 is 35.1 Å². The number of ether oxygens (including phenoxy) is 1. The fourth-order valence-electron chi connectivity index (χ4n) is 5.77. The summed E-state index contributed by atoms with van der Waals surface area (Å²) in [5.41, 5.74) is -0.770. The Morgan fingerprint density at radius 2 is 1.79 bits per heavy atom. The molecule has 1 atom stereocenters. The molecule has 1 aromatic carbocycles. The van der Waals surface area contributed by atoms with E-state index in [4.69, 9.17) is 4.74 Å². The molecule has 4 heterocycles. The van der Waals surface area contributed by atoms with Gasteiger partial charge in [0.05, 0.1) is 22.9 Å². The second kappa shape index (κ2) is 10.7. The summed E-state index contributed by atoms with van der Waals surface area (Å²) in [5, 5.41) is 6.81. The van der Waals surface area contributed by atoms with Crippen LogP contribution in [0.25, 0.3) is 5.65 Å². The van der Waals surface area contributed by atoms with Gasteiger partial charge in [-0.05, 0) is 64.5 Å². The number of fused-ring (bicyclic) bond motifs is 1. The van der Waals surface area contributed by atoms with Crippen molar-refractivity contribution < 1.29 is 31.9 Å². The summed E-state index contributed by atoms with van der Waals surface area (Å²) in [4.78, 5) is 34.1. The van der Waals surface area contributed by atoms with Crippen LogP contribution in [0.15, 0.2) is 36.8 Å². The first-order valence-electron chi connectivity index (χ1n) is 13.9. The van der Waals surface area contributed by atoms with Gasteiger partial charge in [0.15, 0.2) is 5.65 Å². The molecule has 0 radical (unpaired) electrons. The van der Waals surface area contributed by atoms with Crippen LogP contribution in [-0.4, -0.2) is 63.3 Å². The van der Waals surface area contributed by atoms with Gasteiger partial charge in [-0.3, -0.25) is 4.79 Å². The molecule has 3 aromatic rings. The van der Waals surface area contributed by atoms with Crippen LogP contribution in [0, 0.1) is 11.2 Å². The Balaban J connectivity index is 1.30. The van der Waals surface area contributed by atoms with Gasteiger partial charge in [0.1, 0.15) is 17.7 Å². The summed E-state index contributed by atoms with van der Waals surface area (Å²) in [5.74, 6) is -2.00. The zero-order valence-corrected chi connectivity index (χ0v) is 24.0. The quantitative estimate of drug-likeness (QED) is 0.398. The minimum atomic E-state index is -4.85. The van der Waals surface area contributed by atoms with E-state index in [0.29, 0.717) is 43.6 Å². The molecule has 13 heteroatoms. The van der Waals surface area contributed by atoms with E-state index in [1.165, 1.54) is 30.0 Å². The largest absolute Gasteiger partial charge is 0.444 e. The van der Waals surface area contributed by atoms with Crippen molar-refractivity contribution in [2.75, 3.05) is 31.1 Å². The molecule has 2 aromatic heterocycles. The zero-order valence-electron chi connectivity index (χ0n) is 24.0. The molecule has 2 aliphatic rings. The van der Waals surface area contributed by atoms with Crippen molar-refractivity contribution in [2.45, 2.75) is 64.8 Å². The number of likely N-dealkylation sites (tertiary alicyclic amines) is 1. The van der Waals surface area contributed by atoms with Crippen LogP contribution >= 0.6 is 0 Å². The van der Waals surface area contributed by atoms with Gasteiger partial charge >= 0.3 is 12.3 Å². The lowest BCUT2D eigenvalue weighted by atomic mass is 9.77. The number of nitrogens with one attached hydrogen (secondary N) is 1. The first kappa shape index (κ1) is 29.6. The molecule has 2 fully saturated rings. The summed E-state index contributed by atoms with van der Waals surface area (Å²) in [6.07, 6.45) is 0.247. The highest BCUT2D eigenvalue weighted by molar-refractivity contribution is 5.96. The number of hydrogen-bond donors (Lipinski definition) is 1. The zero-order chi connectivity index (χ0) is 30.4. The van der Waals surface area contributed by atoms with Crippen LogP contribution in [0.2, 0.25) is 0 Å². The van der Waals surface area contributed by atoms with Gasteiger partial charge in [0.25, 0.3) is 5.91 Å². The summed E-state index contributed by atoms with van der Waals surface area (Å²) < 4.78 is 61.3. The van der Waals surface area contributed by atoms with Crippen LogP contribution < -0.4 is 10.2 Å². The number of aromatic nitrogens is 3. The topological polar surface area (TPSA) is 92.1 Å². The average molecular weight is 591 g/mol. The molecular weight excluding hydrogens is 556 g/mol. The lowest BCUT2D eigenvalue weighted by molar-refractivity contribution is -0.140. The number of halogens is 4. The Labute approximate surface area is 240 Å². The first-order valence-corrected chi connectivity index (χ1v) is 13.9. The van der Waals surface area contributed by atoms with Crippen LogP contribution in [-0.2, 0) is 10.9 Å². The third-order valence-corrected chi connectivity index (χ3v) is 8.02. The van der Waals surface area contributed by atoms with Crippen molar-refractivity contribution in [1.29, 1.82) is 0 Å². The fraction of sp³-hybridized carbons (Fsp3) is 0.517. The molecule has 0 bridgehead atoms. The third-order valence-electron chi connectivity index (χ3n) is 8.02. The van der Waals surface area contributed by atoms with E-state index in [-0.39, 0.29) is 22.6 Å². The molecule has 5 rings (SSSR count). The predicted octanol–water partition coefficient (Wildman–Crippen LogP) is 5.61. The summed E-state index contributed by atoms with van der Waals surface area (Å²) in [6.45, 7) is 9.57. The Hall–Kier alpha value is -3.90. The van der Waals surface area contributed by atoms with Crippen molar-refractivity contribution in [1.82, 2.24) is 24.8 Å². The minimum absolute atomic E-state index is 0.0171. The number of anilines is 1. The highest BCUT2D eigenvalue weighted by atomic mass is 19.4. The molecule has 1 N–H and O–H groups in total. The number of amides is 2. The van der Waals surface area contributed by atoms with Crippen molar-refractivity contribution in [3.63, 3.8) is 0 Å². The molecular formula is C29H34F4N6O3. The average Bonchev–Trinajstić information content (AvgIpc) is 3.54. The Kier molecular flexibility index (Phi) is 7.56. The molecule has 226 valence electrons. The Morgan fingerprint density at radius 1 is 1.10 bits per heavy atom. The predicted molar refractivity (Wildman–Crippen MR) is 147 cm³/mol. The summed E-state index contributed by atoms with van der Waals surface area (Å²) >= 11 is 0. The van der Waals surface area contributed by atoms with Gasteiger partial charge in [-0.1, -0.05) is 12.1 Å². The van der Waals surface area contributed by atoms with Gasteiger partial charge in [-0.15, -0.1) is 0 Å². The molecule has 1 spiro atoms. The molecule has 2 amide bonds. The van der Waals surface area contributed by atoms with Crippen LogP contribution in [0.4, 0.5) is 28.0 Å². The van der Waals surface area contributed by atoms with Crippen molar-refractivity contribution in [3.05, 3.63) is 59.3 Å². The van der Waals surface area contributed by atoms with E-state index in [9.17, 15) is 27.2 Å². The van der Waals surface area contributed by atoms with Crippen LogP contribution in [0.3, 0.4) is 0 Å². The monoisotopic (exact) mass is 590 g/mol. The van der Waals surface area contributed by atoms with E-state index in [1.807, 2.05) is 20.8 Å². The number of carbonyl (C=O) groups is 2. The Morgan fingerprint density at radius 3 is 2.45 bits per heavy atom. The van der Waals surface area contributed by atoms with Gasteiger partial charge in [-0.25, -0.2) is 18.7 Å². The number of alkyl halides is 3. The molecule has 0 aliphatic carbocycles. The number of hydrogen-bond acceptors (Lipinski definition) is 6. The molecule has 9 nitrogen and oxygen atoms in total. The minimum Gasteiger partial charge on any atom is -0.444 e. The van der Waals surface area contributed by atoms with Crippen LogP contribution in [0.1, 0.15) is 74.5 Å². The van der Waals surface area contributed by atoms with E-state index in [2.05, 4.69) is 20.3 Å². The lowest BCUT2D eigenvalue weighted by Crippen LogP contribution is -2.43. The number of carbonyl (C=O) groups excluding carboxylic acids is 2. The van der Waals surface area contributed by atoms with Crippen LogP contribution in [0.5, 0.6) is 0 Å². The maximum Gasteiger partial charge on any atom is 0.419 e. The van der Waals surface area contributed by atoms with Gasteiger partial charge in [-0.2, -0.15) is 18.3 Å². The maximum absolute atomic E-state index is 14.7. The molecule has 0 unspecified atom stereocenters. The second-order valence-corrected chi connectivity index (χ2v) is 12.2. The summed E-state index contributed by atoms with van der Waals surface area (Å²) in [6, 6.07) is 3.65. The van der Waals surface area contributed by atoms with E-state index in [0.717, 1.165) is 25.3 Å². The number of benzene rings is 1. The Bertz CT molecular complexity index is 1490. The van der Waals surface area contributed by atoms with Crippen molar-refractivity contribution >= 4 is 23.3 Å². The SMILES string of the molecule is C[C@@H](NC(=O)c1cc(N2CCC3(CCN(C(=O)OC(C)(C)C)C3)CC2)c2ncnn2c1)c1cccc(C(F)(F)F)c1F.